The molecule has 0 spiro atoms. The van der Waals surface area contributed by atoms with E-state index in [1.807, 2.05) is 24.3 Å². The molecule has 0 saturated carbocycles. The molecule has 0 aliphatic carbocycles. The fourth-order valence-corrected chi connectivity index (χ4v) is 4.28. The molecule has 11 heteroatoms. The maximum atomic E-state index is 9.88. The standard InChI is InChI=1S/C23H20ClN5O5/c24-14-8-15-21(29-23(27-15)34-17-11-32-18-16(30)10-31-19(17)18)28-22(14)33-9-12-2-4-13(5-3-12)20-25-6-1-7-26-20/h1-8,16-19,30H,9-11H2,(H,27,28,29)/t16-,17-,18-,19?/m1/s1. The highest BCUT2D eigenvalue weighted by Crippen LogP contribution is 2.31. The largest absolute Gasteiger partial charge is 0.472 e. The van der Waals surface area contributed by atoms with Gasteiger partial charge in [0.05, 0.1) is 18.7 Å². The van der Waals surface area contributed by atoms with Crippen molar-refractivity contribution in [3.05, 3.63) is 59.4 Å². The number of pyridine rings is 1. The van der Waals surface area contributed by atoms with Crippen LogP contribution in [0.25, 0.3) is 22.6 Å². The van der Waals surface area contributed by atoms with E-state index in [1.54, 1.807) is 24.5 Å². The summed E-state index contributed by atoms with van der Waals surface area (Å²) in [5.74, 6) is 0.936. The first-order valence-electron chi connectivity index (χ1n) is 10.8. The van der Waals surface area contributed by atoms with Crippen LogP contribution in [0.2, 0.25) is 5.02 Å². The number of hydrogen-bond donors (Lipinski definition) is 2. The first-order chi connectivity index (χ1) is 16.6. The van der Waals surface area contributed by atoms with Crippen LogP contribution in [0.5, 0.6) is 11.9 Å². The van der Waals surface area contributed by atoms with Gasteiger partial charge in [-0.1, -0.05) is 35.9 Å². The second-order valence-corrected chi connectivity index (χ2v) is 8.47. The summed E-state index contributed by atoms with van der Waals surface area (Å²) in [4.78, 5) is 20.4. The Morgan fingerprint density at radius 3 is 2.68 bits per heavy atom. The van der Waals surface area contributed by atoms with E-state index in [0.29, 0.717) is 28.6 Å². The van der Waals surface area contributed by atoms with Gasteiger partial charge in [-0.05, 0) is 17.7 Å². The molecule has 1 unspecified atom stereocenters. The van der Waals surface area contributed by atoms with Gasteiger partial charge < -0.3 is 29.0 Å². The maximum Gasteiger partial charge on any atom is 0.296 e. The summed E-state index contributed by atoms with van der Waals surface area (Å²) < 4.78 is 22.9. The van der Waals surface area contributed by atoms with Crippen molar-refractivity contribution >= 4 is 22.8 Å². The van der Waals surface area contributed by atoms with Crippen molar-refractivity contribution in [2.75, 3.05) is 13.2 Å². The quantitative estimate of drug-likeness (QED) is 0.427. The van der Waals surface area contributed by atoms with Crippen molar-refractivity contribution in [3.63, 3.8) is 0 Å². The normalized spacial score (nSPS) is 23.8. The number of nitrogens with zero attached hydrogens (tertiary/aromatic N) is 4. The topological polar surface area (TPSA) is 125 Å². The molecular weight excluding hydrogens is 462 g/mol. The Kier molecular flexibility index (Phi) is 5.50. The molecule has 2 aliphatic rings. The van der Waals surface area contributed by atoms with Crippen LogP contribution in [0.1, 0.15) is 5.56 Å². The summed E-state index contributed by atoms with van der Waals surface area (Å²) in [6.45, 7) is 0.821. The van der Waals surface area contributed by atoms with Gasteiger partial charge in [0.15, 0.2) is 17.6 Å². The minimum absolute atomic E-state index is 0.232. The average molecular weight is 482 g/mol. The zero-order chi connectivity index (χ0) is 23.1. The van der Waals surface area contributed by atoms with Crippen molar-refractivity contribution in [1.29, 1.82) is 0 Å². The third-order valence-electron chi connectivity index (χ3n) is 5.77. The van der Waals surface area contributed by atoms with Crippen LogP contribution in [0.15, 0.2) is 48.8 Å². The number of fused-ring (bicyclic) bond motifs is 2. The molecule has 10 nitrogen and oxygen atoms in total. The molecule has 0 amide bonds. The van der Waals surface area contributed by atoms with E-state index in [9.17, 15) is 5.11 Å². The number of nitrogens with one attached hydrogen (secondary N) is 1. The van der Waals surface area contributed by atoms with Gasteiger partial charge in [0, 0.05) is 18.0 Å². The Hall–Kier alpha value is -3.31. The zero-order valence-corrected chi connectivity index (χ0v) is 18.6. The van der Waals surface area contributed by atoms with E-state index in [2.05, 4.69) is 24.9 Å². The molecule has 2 fully saturated rings. The van der Waals surface area contributed by atoms with Gasteiger partial charge >= 0.3 is 0 Å². The van der Waals surface area contributed by atoms with Crippen molar-refractivity contribution in [3.8, 4) is 23.3 Å². The molecule has 4 aromatic rings. The molecular formula is C23H20ClN5O5. The van der Waals surface area contributed by atoms with E-state index in [1.165, 1.54) is 0 Å². The molecule has 3 aromatic heterocycles. The second kappa shape index (κ2) is 8.80. The van der Waals surface area contributed by atoms with Crippen LogP contribution >= 0.6 is 11.6 Å². The number of rotatable bonds is 6. The van der Waals surface area contributed by atoms with Crippen molar-refractivity contribution in [2.45, 2.75) is 31.0 Å². The summed E-state index contributed by atoms with van der Waals surface area (Å²) in [5, 5.41) is 10.2. The van der Waals surface area contributed by atoms with Crippen LogP contribution < -0.4 is 9.47 Å². The van der Waals surface area contributed by atoms with Crippen LogP contribution in [-0.4, -0.2) is 67.7 Å². The first-order valence-corrected chi connectivity index (χ1v) is 11.1. The van der Waals surface area contributed by atoms with Crippen LogP contribution in [0, 0.1) is 0 Å². The number of aromatic amines is 1. The van der Waals surface area contributed by atoms with Gasteiger partial charge in [0.25, 0.3) is 6.01 Å². The number of aromatic nitrogens is 5. The molecule has 174 valence electrons. The van der Waals surface area contributed by atoms with E-state index >= 15 is 0 Å². The maximum absolute atomic E-state index is 9.88. The Morgan fingerprint density at radius 1 is 1.06 bits per heavy atom. The molecule has 5 heterocycles. The minimum atomic E-state index is -0.641. The summed E-state index contributed by atoms with van der Waals surface area (Å²) in [6, 6.07) is 11.5. The lowest BCUT2D eigenvalue weighted by molar-refractivity contribution is 0.00706. The number of H-pyrrole nitrogens is 1. The second-order valence-electron chi connectivity index (χ2n) is 8.07. The first kappa shape index (κ1) is 21.2. The number of aliphatic hydroxyl groups is 1. The number of benzene rings is 1. The fraction of sp³-hybridized carbons (Fsp3) is 0.304. The molecule has 0 radical (unpaired) electrons. The third kappa shape index (κ3) is 4.05. The van der Waals surface area contributed by atoms with E-state index in [0.717, 1.165) is 11.1 Å². The number of imidazole rings is 1. The third-order valence-corrected chi connectivity index (χ3v) is 6.04. The molecule has 6 rings (SSSR count). The number of aliphatic hydroxyl groups excluding tert-OH is 1. The van der Waals surface area contributed by atoms with Gasteiger partial charge in [0.2, 0.25) is 5.88 Å². The monoisotopic (exact) mass is 481 g/mol. The van der Waals surface area contributed by atoms with Gasteiger partial charge in [-0.3, -0.25) is 0 Å². The molecule has 2 aliphatic heterocycles. The molecule has 2 saturated heterocycles. The highest BCUT2D eigenvalue weighted by atomic mass is 35.5. The van der Waals surface area contributed by atoms with Crippen molar-refractivity contribution in [1.82, 2.24) is 24.9 Å². The van der Waals surface area contributed by atoms with Gasteiger partial charge in [-0.2, -0.15) is 9.97 Å². The van der Waals surface area contributed by atoms with Gasteiger partial charge in [-0.15, -0.1) is 0 Å². The van der Waals surface area contributed by atoms with Crippen molar-refractivity contribution in [2.24, 2.45) is 0 Å². The Balaban J connectivity index is 1.14. The Labute approximate surface area is 198 Å². The van der Waals surface area contributed by atoms with Crippen molar-refractivity contribution < 1.29 is 24.1 Å². The van der Waals surface area contributed by atoms with Crippen LogP contribution in [0.3, 0.4) is 0 Å². The van der Waals surface area contributed by atoms with Crippen LogP contribution in [0.4, 0.5) is 0 Å². The Bertz CT molecular complexity index is 1300. The predicted octanol–water partition coefficient (Wildman–Crippen LogP) is 2.55. The number of halogens is 1. The predicted molar refractivity (Wildman–Crippen MR) is 121 cm³/mol. The lowest BCUT2D eigenvalue weighted by Crippen LogP contribution is -2.34. The summed E-state index contributed by atoms with van der Waals surface area (Å²) >= 11 is 6.38. The molecule has 34 heavy (non-hydrogen) atoms. The van der Waals surface area contributed by atoms with Crippen LogP contribution in [-0.2, 0) is 16.1 Å². The Morgan fingerprint density at radius 2 is 1.85 bits per heavy atom. The summed E-state index contributed by atoms with van der Waals surface area (Å²) in [6.07, 6.45) is 1.69. The van der Waals surface area contributed by atoms with E-state index in [-0.39, 0.29) is 43.4 Å². The van der Waals surface area contributed by atoms with E-state index < -0.39 is 6.10 Å². The zero-order valence-electron chi connectivity index (χ0n) is 17.8. The van der Waals surface area contributed by atoms with Gasteiger partial charge in [-0.25, -0.2) is 9.97 Å². The van der Waals surface area contributed by atoms with Gasteiger partial charge in [0.1, 0.15) is 29.9 Å². The number of ether oxygens (including phenoxy) is 4. The molecule has 4 atom stereocenters. The highest BCUT2D eigenvalue weighted by molar-refractivity contribution is 6.32. The molecule has 1 aromatic carbocycles. The van der Waals surface area contributed by atoms with E-state index in [4.69, 9.17) is 30.5 Å². The molecule has 0 bridgehead atoms. The lowest BCUT2D eigenvalue weighted by Gasteiger charge is -2.15. The fourth-order valence-electron chi connectivity index (χ4n) is 4.07. The summed E-state index contributed by atoms with van der Waals surface area (Å²) in [7, 11) is 0. The summed E-state index contributed by atoms with van der Waals surface area (Å²) in [5.41, 5.74) is 2.89. The molecule has 2 N–H and O–H groups in total. The highest BCUT2D eigenvalue weighted by Gasteiger charge is 2.48. The lowest BCUT2D eigenvalue weighted by atomic mass is 10.1. The smallest absolute Gasteiger partial charge is 0.296 e. The minimum Gasteiger partial charge on any atom is -0.472 e. The SMILES string of the molecule is O[C@@H]1COC2[C@H](Oc3nc4nc(OCc5ccc(-c6ncccn6)cc5)c(Cl)cc4[nH]3)CO[C@@H]21. The average Bonchev–Trinajstić information content (AvgIpc) is 3.55. The number of hydrogen-bond acceptors (Lipinski definition) is 9.